The monoisotopic (exact) mass is 369 g/mol. The molecule has 0 radical (unpaired) electrons. The lowest BCUT2D eigenvalue weighted by atomic mass is 10.1. The number of carbonyl (C=O) groups is 2. The highest BCUT2D eigenvalue weighted by molar-refractivity contribution is 7.14. The summed E-state index contributed by atoms with van der Waals surface area (Å²) >= 11 is 1.50. The van der Waals surface area contributed by atoms with Crippen LogP contribution in [0.25, 0.3) is 11.0 Å². The number of hydrogen-bond acceptors (Lipinski definition) is 5. The van der Waals surface area contributed by atoms with Crippen LogP contribution in [0.4, 0.5) is 0 Å². The summed E-state index contributed by atoms with van der Waals surface area (Å²) in [7, 11) is 1.79. The first-order valence-electron chi connectivity index (χ1n) is 8.47. The van der Waals surface area contributed by atoms with E-state index >= 15 is 0 Å². The summed E-state index contributed by atoms with van der Waals surface area (Å²) in [4.78, 5) is 31.4. The summed E-state index contributed by atoms with van der Waals surface area (Å²) in [6.45, 7) is 3.66. The molecule has 26 heavy (non-hydrogen) atoms. The molecule has 3 heterocycles. The average molecular weight is 369 g/mol. The van der Waals surface area contributed by atoms with Crippen LogP contribution in [0.15, 0.2) is 12.1 Å². The summed E-state index contributed by atoms with van der Waals surface area (Å²) < 4.78 is 1.65. The lowest BCUT2D eigenvalue weighted by Gasteiger charge is -2.08. The number of carbonyl (C=O) groups excluding carboxylic acids is 2. The summed E-state index contributed by atoms with van der Waals surface area (Å²) in [6, 6.07) is 3.63. The zero-order valence-corrected chi connectivity index (χ0v) is 15.7. The second kappa shape index (κ2) is 6.21. The van der Waals surface area contributed by atoms with Crippen LogP contribution < -0.4 is 10.9 Å². The molecule has 2 N–H and O–H groups in total. The quantitative estimate of drug-likeness (QED) is 0.678. The number of amides is 2. The van der Waals surface area contributed by atoms with Crippen LogP contribution >= 0.6 is 11.3 Å². The molecule has 134 valence electrons. The minimum atomic E-state index is -0.381. The Balaban J connectivity index is 1.55. The average Bonchev–Trinajstić information content (AvgIpc) is 3.26. The number of nitrogens with one attached hydrogen (secondary N) is 2. The number of pyridine rings is 1. The fraction of sp³-hybridized carbons (Fsp3) is 0.333. The maximum atomic E-state index is 12.7. The Morgan fingerprint density at radius 3 is 2.69 bits per heavy atom. The largest absolute Gasteiger partial charge is 0.279 e. The highest BCUT2D eigenvalue weighted by atomic mass is 32.1. The highest BCUT2D eigenvalue weighted by Gasteiger charge is 2.21. The Bertz CT molecular complexity index is 1030. The molecule has 2 amide bonds. The van der Waals surface area contributed by atoms with Crippen LogP contribution in [0, 0.1) is 13.8 Å². The molecule has 0 aromatic carbocycles. The first-order valence-corrected chi connectivity index (χ1v) is 9.29. The highest BCUT2D eigenvalue weighted by Crippen LogP contribution is 2.30. The van der Waals surface area contributed by atoms with Crippen molar-refractivity contribution in [3.8, 4) is 0 Å². The molecule has 0 atom stereocenters. The van der Waals surface area contributed by atoms with Gasteiger partial charge in [0.25, 0.3) is 11.8 Å². The standard InChI is InChI=1S/C18H19N5O2S/c1-9-7-12(15-10(2)22-23(3)16(15)19-9)17(24)20-21-18(25)14-8-11-5-4-6-13(11)26-14/h7-8H,4-6H2,1-3H3,(H,20,24)(H,21,25). The Morgan fingerprint density at radius 2 is 1.92 bits per heavy atom. The molecule has 1 aliphatic carbocycles. The predicted molar refractivity (Wildman–Crippen MR) is 99.3 cm³/mol. The second-order valence-corrected chi connectivity index (χ2v) is 7.68. The van der Waals surface area contributed by atoms with E-state index in [1.54, 1.807) is 17.8 Å². The lowest BCUT2D eigenvalue weighted by Crippen LogP contribution is -2.41. The van der Waals surface area contributed by atoms with Crippen molar-refractivity contribution in [1.82, 2.24) is 25.6 Å². The van der Waals surface area contributed by atoms with Crippen LogP contribution in [-0.4, -0.2) is 26.6 Å². The summed E-state index contributed by atoms with van der Waals surface area (Å²) in [5, 5.41) is 5.03. The number of nitrogens with zero attached hydrogens (tertiary/aromatic N) is 3. The normalized spacial score (nSPS) is 13.0. The van der Waals surface area contributed by atoms with Crippen molar-refractivity contribution in [3.63, 3.8) is 0 Å². The van der Waals surface area contributed by atoms with Crippen LogP contribution in [0.1, 0.15) is 48.3 Å². The van der Waals surface area contributed by atoms with Gasteiger partial charge in [-0.05, 0) is 50.8 Å². The van der Waals surface area contributed by atoms with E-state index in [1.165, 1.54) is 21.8 Å². The smallest absolute Gasteiger partial charge is 0.267 e. The van der Waals surface area contributed by atoms with E-state index in [4.69, 9.17) is 0 Å². The molecule has 0 fully saturated rings. The lowest BCUT2D eigenvalue weighted by molar-refractivity contribution is 0.0849. The van der Waals surface area contributed by atoms with Crippen molar-refractivity contribution in [1.29, 1.82) is 0 Å². The Hall–Kier alpha value is -2.74. The van der Waals surface area contributed by atoms with E-state index < -0.39 is 0 Å². The predicted octanol–water partition coefficient (Wildman–Crippen LogP) is 2.21. The zero-order valence-electron chi connectivity index (χ0n) is 14.8. The zero-order chi connectivity index (χ0) is 18.4. The van der Waals surface area contributed by atoms with Crippen LogP contribution in [0.3, 0.4) is 0 Å². The molecule has 0 saturated heterocycles. The van der Waals surface area contributed by atoms with Crippen molar-refractivity contribution in [3.05, 3.63) is 44.4 Å². The van der Waals surface area contributed by atoms with Gasteiger partial charge in [0.15, 0.2) is 5.65 Å². The van der Waals surface area contributed by atoms with Gasteiger partial charge >= 0.3 is 0 Å². The van der Waals surface area contributed by atoms with E-state index in [-0.39, 0.29) is 11.8 Å². The number of hydrazine groups is 1. The number of thiophene rings is 1. The topological polar surface area (TPSA) is 88.9 Å². The third-order valence-corrected chi connectivity index (χ3v) is 5.84. The van der Waals surface area contributed by atoms with E-state index in [0.717, 1.165) is 25.0 Å². The van der Waals surface area contributed by atoms with Crippen molar-refractivity contribution < 1.29 is 9.59 Å². The van der Waals surface area contributed by atoms with Gasteiger partial charge in [0, 0.05) is 17.6 Å². The molecule has 3 aromatic heterocycles. The van der Waals surface area contributed by atoms with Gasteiger partial charge in [0.1, 0.15) is 0 Å². The van der Waals surface area contributed by atoms with E-state index in [0.29, 0.717) is 27.2 Å². The van der Waals surface area contributed by atoms with Gasteiger partial charge in [-0.15, -0.1) is 11.3 Å². The molecule has 0 spiro atoms. The molecule has 4 rings (SSSR count). The van der Waals surface area contributed by atoms with Crippen molar-refractivity contribution in [2.45, 2.75) is 33.1 Å². The Kier molecular flexibility index (Phi) is 3.99. The van der Waals surface area contributed by atoms with Crippen molar-refractivity contribution in [2.75, 3.05) is 0 Å². The SMILES string of the molecule is Cc1cc(C(=O)NNC(=O)c2cc3c(s2)CCC3)c2c(C)nn(C)c2n1. The Morgan fingerprint density at radius 1 is 1.15 bits per heavy atom. The van der Waals surface area contributed by atoms with E-state index in [9.17, 15) is 9.59 Å². The van der Waals surface area contributed by atoms with E-state index in [2.05, 4.69) is 20.9 Å². The van der Waals surface area contributed by atoms with Crippen LogP contribution in [-0.2, 0) is 19.9 Å². The molecule has 0 unspecified atom stereocenters. The molecular weight excluding hydrogens is 350 g/mol. The minimum Gasteiger partial charge on any atom is -0.267 e. The fourth-order valence-electron chi connectivity index (χ4n) is 3.43. The third-order valence-electron chi connectivity index (χ3n) is 4.60. The number of aryl methyl sites for hydroxylation is 5. The summed E-state index contributed by atoms with van der Waals surface area (Å²) in [5.41, 5.74) is 8.83. The molecule has 0 bridgehead atoms. The summed E-state index contributed by atoms with van der Waals surface area (Å²) in [5.74, 6) is -0.670. The van der Waals surface area contributed by atoms with Gasteiger partial charge in [0.05, 0.1) is 21.5 Å². The van der Waals surface area contributed by atoms with E-state index in [1.807, 2.05) is 19.9 Å². The summed E-state index contributed by atoms with van der Waals surface area (Å²) in [6.07, 6.45) is 3.22. The van der Waals surface area contributed by atoms with Gasteiger partial charge in [-0.3, -0.25) is 25.1 Å². The van der Waals surface area contributed by atoms with Crippen LogP contribution in [0.2, 0.25) is 0 Å². The Labute approximate surface area is 154 Å². The molecule has 0 saturated carbocycles. The molecule has 1 aliphatic rings. The molecule has 3 aromatic rings. The van der Waals surface area contributed by atoms with Gasteiger partial charge in [-0.1, -0.05) is 0 Å². The maximum Gasteiger partial charge on any atom is 0.279 e. The molecule has 8 heteroatoms. The molecule has 0 aliphatic heterocycles. The molecule has 7 nitrogen and oxygen atoms in total. The van der Waals surface area contributed by atoms with Crippen molar-refractivity contribution in [2.24, 2.45) is 7.05 Å². The number of fused-ring (bicyclic) bond motifs is 2. The first kappa shape index (κ1) is 16.7. The van der Waals surface area contributed by atoms with Gasteiger partial charge in [0.2, 0.25) is 0 Å². The third kappa shape index (κ3) is 2.76. The van der Waals surface area contributed by atoms with Gasteiger partial charge in [-0.2, -0.15) is 5.10 Å². The number of rotatable bonds is 2. The number of hydrogen-bond donors (Lipinski definition) is 2. The van der Waals surface area contributed by atoms with Crippen LogP contribution in [0.5, 0.6) is 0 Å². The molecular formula is C18H19N5O2S. The maximum absolute atomic E-state index is 12.7. The second-order valence-electron chi connectivity index (χ2n) is 6.54. The van der Waals surface area contributed by atoms with Gasteiger partial charge < -0.3 is 0 Å². The first-order chi connectivity index (χ1) is 12.4. The van der Waals surface area contributed by atoms with Gasteiger partial charge in [-0.25, -0.2) is 4.98 Å². The number of aromatic nitrogens is 3. The van der Waals surface area contributed by atoms with Crippen molar-refractivity contribution >= 4 is 34.2 Å². The minimum absolute atomic E-state index is 0.289. The fourth-order valence-corrected chi connectivity index (χ4v) is 4.58.